The number of hydrazine groups is 2. The fourth-order valence-electron chi connectivity index (χ4n) is 4.12. The molecule has 184 valence electrons. The van der Waals surface area contributed by atoms with E-state index in [9.17, 15) is 4.79 Å². The molecule has 1 aromatic carbocycles. The van der Waals surface area contributed by atoms with Crippen molar-refractivity contribution in [2.75, 3.05) is 6.54 Å². The van der Waals surface area contributed by atoms with E-state index in [1.54, 1.807) is 12.4 Å². The van der Waals surface area contributed by atoms with Crippen LogP contribution in [0.2, 0.25) is 0 Å². The topological polar surface area (TPSA) is 111 Å². The molecule has 0 spiro atoms. The summed E-state index contributed by atoms with van der Waals surface area (Å²) in [6.07, 6.45) is 7.18. The van der Waals surface area contributed by atoms with E-state index in [0.29, 0.717) is 12.2 Å². The minimum absolute atomic E-state index is 0.160. The van der Waals surface area contributed by atoms with Crippen molar-refractivity contribution < 1.29 is 4.79 Å². The molecule has 9 heteroatoms. The molecule has 3 aromatic heterocycles. The summed E-state index contributed by atoms with van der Waals surface area (Å²) in [4.78, 5) is 20.0. The van der Waals surface area contributed by atoms with E-state index in [2.05, 4.69) is 72.8 Å². The van der Waals surface area contributed by atoms with Gasteiger partial charge in [-0.05, 0) is 55.5 Å². The van der Waals surface area contributed by atoms with Gasteiger partial charge in [0.05, 0.1) is 5.69 Å². The number of hydrogen-bond acceptors (Lipinski definition) is 7. The summed E-state index contributed by atoms with van der Waals surface area (Å²) in [7, 11) is 0. The van der Waals surface area contributed by atoms with Crippen LogP contribution in [-0.4, -0.2) is 37.6 Å². The number of aromatic amines is 1. The molecule has 0 unspecified atom stereocenters. The number of nitrogens with one attached hydrogen (secondary N) is 4. The average molecular weight is 483 g/mol. The lowest BCUT2D eigenvalue weighted by molar-refractivity contribution is -0.118. The van der Waals surface area contributed by atoms with Gasteiger partial charge >= 0.3 is 0 Å². The molecule has 4 heterocycles. The number of hydrogen-bond donors (Lipinski definition) is 4. The number of fused-ring (bicyclic) bond motifs is 1. The van der Waals surface area contributed by atoms with Gasteiger partial charge in [-0.25, -0.2) is 0 Å². The Morgan fingerprint density at radius 2 is 1.92 bits per heavy atom. The number of unbranched alkanes of at least 4 members (excludes halogenated alkanes) is 1. The van der Waals surface area contributed by atoms with E-state index in [1.165, 1.54) is 5.56 Å². The summed E-state index contributed by atoms with van der Waals surface area (Å²) in [5.74, 6) is -0.160. The number of aromatic nitrogens is 4. The largest absolute Gasteiger partial charge is 0.347 e. The second-order valence-corrected chi connectivity index (χ2v) is 9.02. The summed E-state index contributed by atoms with van der Waals surface area (Å²) in [5.41, 5.74) is 12.6. The van der Waals surface area contributed by atoms with Crippen LogP contribution in [0.15, 0.2) is 72.7 Å². The van der Waals surface area contributed by atoms with Gasteiger partial charge in [0, 0.05) is 48.7 Å². The second kappa shape index (κ2) is 11.0. The molecular formula is C27H30N8O. The maximum atomic E-state index is 12.4. The predicted octanol–water partition coefficient (Wildman–Crippen LogP) is 3.06. The molecule has 0 saturated heterocycles. The third-order valence-electron chi connectivity index (χ3n) is 6.09. The third-order valence-corrected chi connectivity index (χ3v) is 6.09. The van der Waals surface area contributed by atoms with Crippen LogP contribution in [0.4, 0.5) is 0 Å². The fraction of sp³-hybridized carbons (Fsp3) is 0.259. The molecule has 0 saturated carbocycles. The molecule has 1 aliphatic heterocycles. The standard InChI is InChI=1S/C27H30N8O/c1-19-10-11-21(16-28-19)17-29-27(36)25-18-35(34-32-25)12-6-5-9-23-14-22-15-24(30-26(22)33-31-23)13-20-7-3-2-4-8-20/h2-4,7-8,10-11,14-16,18,32,34H,5-6,9,12-13,17H2,1H3,(H,29,36)(H,30,33). The normalized spacial score (nSPS) is 13.0. The fourth-order valence-corrected chi connectivity index (χ4v) is 4.12. The number of aryl methyl sites for hydroxylation is 2. The summed E-state index contributed by atoms with van der Waals surface area (Å²) >= 11 is 0. The summed E-state index contributed by atoms with van der Waals surface area (Å²) in [6, 6.07) is 18.6. The number of rotatable bonds is 10. The average Bonchev–Trinajstić information content (AvgIpc) is 3.53. The minimum atomic E-state index is -0.160. The van der Waals surface area contributed by atoms with E-state index >= 15 is 0 Å². The molecular weight excluding hydrogens is 452 g/mol. The first-order valence-electron chi connectivity index (χ1n) is 12.2. The monoisotopic (exact) mass is 482 g/mol. The van der Waals surface area contributed by atoms with Crippen LogP contribution < -0.4 is 16.3 Å². The zero-order chi connectivity index (χ0) is 24.7. The van der Waals surface area contributed by atoms with Gasteiger partial charge in [0.15, 0.2) is 5.65 Å². The molecule has 0 aliphatic carbocycles. The van der Waals surface area contributed by atoms with E-state index in [0.717, 1.165) is 65.9 Å². The van der Waals surface area contributed by atoms with E-state index in [-0.39, 0.29) is 5.91 Å². The molecule has 5 rings (SSSR count). The molecule has 0 atom stereocenters. The van der Waals surface area contributed by atoms with Crippen LogP contribution in [0.5, 0.6) is 0 Å². The molecule has 1 amide bonds. The summed E-state index contributed by atoms with van der Waals surface area (Å²) in [6.45, 7) is 3.14. The predicted molar refractivity (Wildman–Crippen MR) is 138 cm³/mol. The molecule has 4 aromatic rings. The first kappa shape index (κ1) is 23.5. The Morgan fingerprint density at radius 3 is 2.75 bits per heavy atom. The highest BCUT2D eigenvalue weighted by Gasteiger charge is 2.17. The highest BCUT2D eigenvalue weighted by atomic mass is 16.2. The lowest BCUT2D eigenvalue weighted by Crippen LogP contribution is -2.39. The van der Waals surface area contributed by atoms with Crippen LogP contribution in [0, 0.1) is 6.92 Å². The smallest absolute Gasteiger partial charge is 0.270 e. The Hall–Kier alpha value is -4.24. The Kier molecular flexibility index (Phi) is 7.18. The molecule has 4 N–H and O–H groups in total. The van der Waals surface area contributed by atoms with Crippen LogP contribution >= 0.6 is 0 Å². The van der Waals surface area contributed by atoms with Gasteiger partial charge in [-0.1, -0.05) is 36.4 Å². The number of benzene rings is 1. The van der Waals surface area contributed by atoms with Crippen molar-refractivity contribution in [1.82, 2.24) is 41.5 Å². The lowest BCUT2D eigenvalue weighted by atomic mass is 10.1. The van der Waals surface area contributed by atoms with Gasteiger partial charge in [0.1, 0.15) is 5.70 Å². The Bertz CT molecular complexity index is 1350. The van der Waals surface area contributed by atoms with Crippen LogP contribution in [0.25, 0.3) is 11.0 Å². The van der Waals surface area contributed by atoms with Crippen molar-refractivity contribution in [3.05, 3.63) is 101 Å². The Labute approximate surface area is 210 Å². The zero-order valence-electron chi connectivity index (χ0n) is 20.3. The molecule has 0 fully saturated rings. The van der Waals surface area contributed by atoms with Crippen molar-refractivity contribution in [3.8, 4) is 0 Å². The third kappa shape index (κ3) is 6.05. The minimum Gasteiger partial charge on any atom is -0.347 e. The maximum Gasteiger partial charge on any atom is 0.270 e. The van der Waals surface area contributed by atoms with Crippen molar-refractivity contribution in [3.63, 3.8) is 0 Å². The Balaban J connectivity index is 1.06. The summed E-state index contributed by atoms with van der Waals surface area (Å²) < 4.78 is 0. The molecule has 0 bridgehead atoms. The zero-order valence-corrected chi connectivity index (χ0v) is 20.3. The SMILES string of the molecule is Cc1ccc(CNC(=O)C2=CN(CCCCc3cc4cc(Cc5ccccc5)[nH]c4nn3)NN2)cn1. The molecule has 9 nitrogen and oxygen atoms in total. The van der Waals surface area contributed by atoms with E-state index in [4.69, 9.17) is 0 Å². The van der Waals surface area contributed by atoms with Crippen molar-refractivity contribution in [2.24, 2.45) is 0 Å². The van der Waals surface area contributed by atoms with Gasteiger partial charge in [0.2, 0.25) is 0 Å². The molecule has 36 heavy (non-hydrogen) atoms. The van der Waals surface area contributed by atoms with Crippen molar-refractivity contribution >= 4 is 16.9 Å². The maximum absolute atomic E-state index is 12.4. The number of H-pyrrole nitrogens is 1. The van der Waals surface area contributed by atoms with Gasteiger partial charge in [-0.2, -0.15) is 5.10 Å². The first-order valence-corrected chi connectivity index (χ1v) is 12.2. The number of nitrogens with zero attached hydrogens (tertiary/aromatic N) is 4. The lowest BCUT2D eigenvalue weighted by Gasteiger charge is -2.14. The molecule has 1 aliphatic rings. The Morgan fingerprint density at radius 1 is 1.03 bits per heavy atom. The van der Waals surface area contributed by atoms with Crippen molar-refractivity contribution in [2.45, 2.75) is 39.2 Å². The van der Waals surface area contributed by atoms with Gasteiger partial charge < -0.3 is 10.3 Å². The van der Waals surface area contributed by atoms with Crippen LogP contribution in [0.1, 0.15) is 41.1 Å². The van der Waals surface area contributed by atoms with Gasteiger partial charge in [-0.15, -0.1) is 10.6 Å². The van der Waals surface area contributed by atoms with Crippen LogP contribution in [0.3, 0.4) is 0 Å². The highest BCUT2D eigenvalue weighted by Crippen LogP contribution is 2.17. The molecule has 0 radical (unpaired) electrons. The number of carbonyl (C=O) groups is 1. The number of carbonyl (C=O) groups excluding carboxylic acids is 1. The quantitative estimate of drug-likeness (QED) is 0.257. The van der Waals surface area contributed by atoms with Gasteiger partial charge in [-0.3, -0.25) is 20.2 Å². The van der Waals surface area contributed by atoms with Gasteiger partial charge in [0.25, 0.3) is 5.91 Å². The second-order valence-electron chi connectivity index (χ2n) is 9.02. The number of pyridine rings is 1. The summed E-state index contributed by atoms with van der Waals surface area (Å²) in [5, 5.41) is 14.7. The van der Waals surface area contributed by atoms with E-state index in [1.807, 2.05) is 30.1 Å². The van der Waals surface area contributed by atoms with E-state index < -0.39 is 0 Å². The van der Waals surface area contributed by atoms with Crippen molar-refractivity contribution in [1.29, 1.82) is 0 Å². The first-order chi connectivity index (χ1) is 17.6. The van der Waals surface area contributed by atoms with Crippen LogP contribution in [-0.2, 0) is 24.2 Å². The number of amides is 1. The highest BCUT2D eigenvalue weighted by molar-refractivity contribution is 5.92.